The molecule has 0 amide bonds. The maximum Gasteiger partial charge on any atom is 0.228 e. The van der Waals surface area contributed by atoms with E-state index in [4.69, 9.17) is 10.1 Å². The SMILES string of the molecule is Cc1cc2c(NCCO)nc(N3CCNCC3)nc2s1. The van der Waals surface area contributed by atoms with E-state index >= 15 is 0 Å². The van der Waals surface area contributed by atoms with Crippen LogP contribution < -0.4 is 15.5 Å². The van der Waals surface area contributed by atoms with Crippen molar-refractivity contribution in [2.45, 2.75) is 6.92 Å². The molecule has 3 N–H and O–H groups in total. The Labute approximate surface area is 121 Å². The zero-order valence-corrected chi connectivity index (χ0v) is 12.3. The van der Waals surface area contributed by atoms with Gasteiger partial charge < -0.3 is 20.6 Å². The van der Waals surface area contributed by atoms with Crippen molar-refractivity contribution in [2.24, 2.45) is 0 Å². The number of rotatable bonds is 4. The van der Waals surface area contributed by atoms with Gasteiger partial charge in [-0.3, -0.25) is 0 Å². The van der Waals surface area contributed by atoms with Crippen molar-refractivity contribution in [2.75, 3.05) is 49.5 Å². The van der Waals surface area contributed by atoms with Crippen LogP contribution >= 0.6 is 11.3 Å². The van der Waals surface area contributed by atoms with E-state index in [0.29, 0.717) is 6.54 Å². The van der Waals surface area contributed by atoms with Crippen molar-refractivity contribution in [3.05, 3.63) is 10.9 Å². The molecule has 0 spiro atoms. The van der Waals surface area contributed by atoms with Crippen LogP contribution in [0.3, 0.4) is 0 Å². The van der Waals surface area contributed by atoms with Crippen LogP contribution in [0, 0.1) is 6.92 Å². The summed E-state index contributed by atoms with van der Waals surface area (Å²) in [4.78, 5) is 13.8. The smallest absolute Gasteiger partial charge is 0.228 e. The van der Waals surface area contributed by atoms with Gasteiger partial charge in [0.05, 0.1) is 12.0 Å². The molecule has 3 heterocycles. The van der Waals surface area contributed by atoms with Crippen molar-refractivity contribution in [1.82, 2.24) is 15.3 Å². The summed E-state index contributed by atoms with van der Waals surface area (Å²) in [5.41, 5.74) is 0. The van der Waals surface area contributed by atoms with E-state index in [9.17, 15) is 0 Å². The molecule has 0 aliphatic carbocycles. The summed E-state index contributed by atoms with van der Waals surface area (Å²) >= 11 is 1.68. The molecule has 108 valence electrons. The number of hydrogen-bond donors (Lipinski definition) is 3. The molecule has 0 bridgehead atoms. The molecule has 0 radical (unpaired) electrons. The molecule has 0 unspecified atom stereocenters. The first-order valence-corrected chi connectivity index (χ1v) is 7.68. The first-order valence-electron chi connectivity index (χ1n) is 6.86. The second-order valence-corrected chi connectivity index (χ2v) is 6.07. The van der Waals surface area contributed by atoms with Gasteiger partial charge in [-0.1, -0.05) is 0 Å². The van der Waals surface area contributed by atoms with Crippen LogP contribution in [0.15, 0.2) is 6.07 Å². The third kappa shape index (κ3) is 2.70. The van der Waals surface area contributed by atoms with Gasteiger partial charge in [-0.05, 0) is 13.0 Å². The fraction of sp³-hybridized carbons (Fsp3) is 0.538. The number of nitrogens with one attached hydrogen (secondary N) is 2. The topological polar surface area (TPSA) is 73.3 Å². The lowest BCUT2D eigenvalue weighted by Crippen LogP contribution is -2.44. The molecular formula is C13H19N5OS. The molecule has 7 heteroatoms. The van der Waals surface area contributed by atoms with Crippen LogP contribution in [0.25, 0.3) is 10.2 Å². The fourth-order valence-electron chi connectivity index (χ4n) is 2.35. The minimum atomic E-state index is 0.0948. The number of anilines is 2. The molecule has 0 aromatic carbocycles. The van der Waals surface area contributed by atoms with Gasteiger partial charge >= 0.3 is 0 Å². The summed E-state index contributed by atoms with van der Waals surface area (Å²) in [6.45, 7) is 6.45. The number of aryl methyl sites for hydroxylation is 1. The second kappa shape index (κ2) is 5.90. The zero-order chi connectivity index (χ0) is 13.9. The molecule has 1 aliphatic rings. The Balaban J connectivity index is 1.99. The Morgan fingerprint density at radius 2 is 2.20 bits per heavy atom. The van der Waals surface area contributed by atoms with Gasteiger partial charge in [0.1, 0.15) is 10.6 Å². The highest BCUT2D eigenvalue weighted by molar-refractivity contribution is 7.18. The number of aliphatic hydroxyl groups excluding tert-OH is 1. The number of hydrogen-bond acceptors (Lipinski definition) is 7. The van der Waals surface area contributed by atoms with Gasteiger partial charge in [0.25, 0.3) is 0 Å². The molecule has 1 aliphatic heterocycles. The van der Waals surface area contributed by atoms with Crippen molar-refractivity contribution < 1.29 is 5.11 Å². The summed E-state index contributed by atoms with van der Waals surface area (Å²) in [6.07, 6.45) is 0. The Bertz CT molecular complexity index is 594. The Kier molecular flexibility index (Phi) is 4.00. The van der Waals surface area contributed by atoms with Crippen molar-refractivity contribution in [1.29, 1.82) is 0 Å². The van der Waals surface area contributed by atoms with Crippen LogP contribution in [0.2, 0.25) is 0 Å². The highest BCUT2D eigenvalue weighted by atomic mass is 32.1. The molecule has 1 saturated heterocycles. The summed E-state index contributed by atoms with van der Waals surface area (Å²) < 4.78 is 0. The first kappa shape index (κ1) is 13.5. The van der Waals surface area contributed by atoms with Crippen molar-refractivity contribution in [3.63, 3.8) is 0 Å². The van der Waals surface area contributed by atoms with Crippen LogP contribution in [-0.2, 0) is 0 Å². The monoisotopic (exact) mass is 293 g/mol. The van der Waals surface area contributed by atoms with Gasteiger partial charge in [0.15, 0.2) is 0 Å². The summed E-state index contributed by atoms with van der Waals surface area (Å²) in [5.74, 6) is 1.60. The van der Waals surface area contributed by atoms with Crippen LogP contribution in [-0.4, -0.2) is 54.4 Å². The number of aromatic nitrogens is 2. The Morgan fingerprint density at radius 3 is 2.95 bits per heavy atom. The quantitative estimate of drug-likeness (QED) is 0.775. The highest BCUT2D eigenvalue weighted by Crippen LogP contribution is 2.30. The molecular weight excluding hydrogens is 274 g/mol. The highest BCUT2D eigenvalue weighted by Gasteiger charge is 2.17. The molecule has 2 aromatic heterocycles. The van der Waals surface area contributed by atoms with E-state index in [1.165, 1.54) is 4.88 Å². The summed E-state index contributed by atoms with van der Waals surface area (Å²) in [5, 5.41) is 16.6. The largest absolute Gasteiger partial charge is 0.395 e. The maximum atomic E-state index is 9.00. The normalized spacial score (nSPS) is 15.8. The maximum absolute atomic E-state index is 9.00. The fourth-order valence-corrected chi connectivity index (χ4v) is 3.22. The second-order valence-electron chi connectivity index (χ2n) is 4.84. The van der Waals surface area contributed by atoms with Crippen LogP contribution in [0.4, 0.5) is 11.8 Å². The third-order valence-electron chi connectivity index (χ3n) is 3.31. The number of piperazine rings is 1. The molecule has 1 fully saturated rings. The van der Waals surface area contributed by atoms with Crippen molar-refractivity contribution >= 4 is 33.3 Å². The number of fused-ring (bicyclic) bond motifs is 1. The van der Waals surface area contributed by atoms with E-state index in [-0.39, 0.29) is 6.61 Å². The van der Waals surface area contributed by atoms with Gasteiger partial charge in [0, 0.05) is 37.6 Å². The average molecular weight is 293 g/mol. The van der Waals surface area contributed by atoms with Crippen molar-refractivity contribution in [3.8, 4) is 0 Å². The predicted octanol–water partition coefficient (Wildman–Crippen LogP) is 0.814. The van der Waals surface area contributed by atoms with Gasteiger partial charge in [-0.15, -0.1) is 11.3 Å². The van der Waals surface area contributed by atoms with Crippen LogP contribution in [0.1, 0.15) is 4.88 Å². The van der Waals surface area contributed by atoms with Gasteiger partial charge in [-0.2, -0.15) is 4.98 Å². The lowest BCUT2D eigenvalue weighted by molar-refractivity contribution is 0.311. The molecule has 3 rings (SSSR count). The molecule has 6 nitrogen and oxygen atoms in total. The van der Waals surface area contributed by atoms with Crippen LogP contribution in [0.5, 0.6) is 0 Å². The molecule has 0 saturated carbocycles. The minimum absolute atomic E-state index is 0.0948. The van der Waals surface area contributed by atoms with E-state index in [0.717, 1.165) is 48.2 Å². The van der Waals surface area contributed by atoms with E-state index in [1.807, 2.05) is 0 Å². The predicted molar refractivity (Wildman–Crippen MR) is 82.8 cm³/mol. The van der Waals surface area contributed by atoms with E-state index in [1.54, 1.807) is 11.3 Å². The number of aliphatic hydroxyl groups is 1. The summed E-state index contributed by atoms with van der Waals surface area (Å²) in [7, 11) is 0. The molecule has 2 aromatic rings. The Morgan fingerprint density at radius 1 is 1.40 bits per heavy atom. The van der Waals surface area contributed by atoms with E-state index in [2.05, 4.69) is 33.5 Å². The first-order chi connectivity index (χ1) is 9.78. The number of thiophene rings is 1. The zero-order valence-electron chi connectivity index (χ0n) is 11.5. The van der Waals surface area contributed by atoms with Gasteiger partial charge in [-0.25, -0.2) is 4.98 Å². The Hall–Kier alpha value is -1.44. The molecule has 0 atom stereocenters. The van der Waals surface area contributed by atoms with Gasteiger partial charge in [0.2, 0.25) is 5.95 Å². The number of nitrogens with zero attached hydrogens (tertiary/aromatic N) is 3. The summed E-state index contributed by atoms with van der Waals surface area (Å²) in [6, 6.07) is 2.10. The van der Waals surface area contributed by atoms with E-state index < -0.39 is 0 Å². The minimum Gasteiger partial charge on any atom is -0.395 e. The lowest BCUT2D eigenvalue weighted by Gasteiger charge is -2.27. The standard InChI is InChI=1S/C13H19N5OS/c1-9-8-10-11(15-4-7-19)16-13(17-12(10)20-9)18-5-2-14-3-6-18/h8,14,19H,2-7H2,1H3,(H,15,16,17). The third-order valence-corrected chi connectivity index (χ3v) is 4.25. The average Bonchev–Trinajstić information content (AvgIpc) is 2.86. The lowest BCUT2D eigenvalue weighted by atomic mass is 10.3. The molecule has 20 heavy (non-hydrogen) atoms.